The van der Waals surface area contributed by atoms with Crippen LogP contribution in [-0.2, 0) is 9.59 Å². The van der Waals surface area contributed by atoms with Crippen LogP contribution in [0.2, 0.25) is 5.02 Å². The average Bonchev–Trinajstić information content (AvgIpc) is 2.96. The predicted molar refractivity (Wildman–Crippen MR) is 123 cm³/mol. The summed E-state index contributed by atoms with van der Waals surface area (Å²) in [5, 5.41) is 2.95. The Hall–Kier alpha value is -3.09. The van der Waals surface area contributed by atoms with Gasteiger partial charge < -0.3 is 5.32 Å². The molecule has 0 unspecified atom stereocenters. The van der Waals surface area contributed by atoms with Gasteiger partial charge in [0.15, 0.2) is 0 Å². The lowest BCUT2D eigenvalue weighted by molar-refractivity contribution is -0.120. The van der Waals surface area contributed by atoms with Crippen molar-refractivity contribution in [1.29, 1.82) is 0 Å². The van der Waals surface area contributed by atoms with Crippen molar-refractivity contribution in [3.8, 4) is 0 Å². The first kappa shape index (κ1) is 21.2. The second-order valence-electron chi connectivity index (χ2n) is 7.16. The number of thioether (sulfide) groups is 1. The Balaban J connectivity index is 1.75. The first-order valence-corrected chi connectivity index (χ1v) is 10.7. The highest BCUT2D eigenvalue weighted by atomic mass is 35.5. The fourth-order valence-electron chi connectivity index (χ4n) is 3.16. The number of aryl methyl sites for hydroxylation is 2. The third-order valence-corrected chi connectivity index (χ3v) is 6.11. The van der Waals surface area contributed by atoms with Gasteiger partial charge in [-0.1, -0.05) is 53.2 Å². The number of hydrogen-bond donors (Lipinski definition) is 1. The molecule has 1 N–H and O–H groups in total. The average molecular weight is 453 g/mol. The minimum Gasteiger partial charge on any atom is -0.350 e. The fraction of sp³-hybridized carbons (Fsp3) is 0.0833. The molecule has 7 heteroatoms. The van der Waals surface area contributed by atoms with Crippen LogP contribution in [0.4, 0.5) is 15.8 Å². The van der Waals surface area contributed by atoms with Gasteiger partial charge in [-0.05, 0) is 61.9 Å². The minimum atomic E-state index is -0.621. The van der Waals surface area contributed by atoms with Crippen molar-refractivity contribution in [2.24, 2.45) is 0 Å². The van der Waals surface area contributed by atoms with Crippen LogP contribution in [0.25, 0.3) is 0 Å². The van der Waals surface area contributed by atoms with Gasteiger partial charge >= 0.3 is 0 Å². The van der Waals surface area contributed by atoms with Crippen LogP contribution in [0.3, 0.4) is 0 Å². The molecule has 3 aromatic rings. The first-order chi connectivity index (χ1) is 14.8. The number of amides is 2. The van der Waals surface area contributed by atoms with E-state index >= 15 is 0 Å². The summed E-state index contributed by atoms with van der Waals surface area (Å²) in [5.74, 6) is -1.64. The summed E-state index contributed by atoms with van der Waals surface area (Å²) >= 11 is 7.10. The van der Waals surface area contributed by atoms with Crippen molar-refractivity contribution in [3.05, 3.63) is 99.3 Å². The molecule has 1 aliphatic rings. The number of carbonyl (C=O) groups is 2. The molecular weight excluding hydrogens is 435 g/mol. The molecule has 31 heavy (non-hydrogen) atoms. The highest BCUT2D eigenvalue weighted by Crippen LogP contribution is 2.38. The van der Waals surface area contributed by atoms with Gasteiger partial charge in [0.05, 0.1) is 10.7 Å². The third kappa shape index (κ3) is 4.36. The van der Waals surface area contributed by atoms with Crippen molar-refractivity contribution in [3.63, 3.8) is 0 Å². The van der Waals surface area contributed by atoms with Crippen LogP contribution in [0, 0.1) is 19.7 Å². The predicted octanol–water partition coefficient (Wildman–Crippen LogP) is 6.09. The van der Waals surface area contributed by atoms with E-state index in [4.69, 9.17) is 11.6 Å². The van der Waals surface area contributed by atoms with E-state index < -0.39 is 17.6 Å². The summed E-state index contributed by atoms with van der Waals surface area (Å²) in [7, 11) is 0. The van der Waals surface area contributed by atoms with Crippen molar-refractivity contribution < 1.29 is 14.0 Å². The SMILES string of the molecule is Cc1ccc(SC2=C(Nc3cccc(C)c3)C(=O)N(c3ccc(F)c(Cl)c3)C2=O)cc1. The number of anilines is 2. The van der Waals surface area contributed by atoms with E-state index in [-0.39, 0.29) is 21.3 Å². The summed E-state index contributed by atoms with van der Waals surface area (Å²) in [6.45, 7) is 3.92. The number of carbonyl (C=O) groups excluding carboxylic acids is 2. The maximum atomic E-state index is 13.6. The van der Waals surface area contributed by atoms with E-state index in [1.54, 1.807) is 0 Å². The Morgan fingerprint density at radius 1 is 0.903 bits per heavy atom. The van der Waals surface area contributed by atoms with Crippen LogP contribution in [0.5, 0.6) is 0 Å². The normalized spacial score (nSPS) is 13.9. The van der Waals surface area contributed by atoms with E-state index in [1.165, 1.54) is 23.9 Å². The van der Waals surface area contributed by atoms with Gasteiger partial charge in [-0.2, -0.15) is 0 Å². The summed E-state index contributed by atoms with van der Waals surface area (Å²) in [4.78, 5) is 28.7. The van der Waals surface area contributed by atoms with Gasteiger partial charge in [0, 0.05) is 10.6 Å². The molecule has 0 bridgehead atoms. The number of nitrogens with one attached hydrogen (secondary N) is 1. The molecule has 4 nitrogen and oxygen atoms in total. The van der Waals surface area contributed by atoms with E-state index in [1.807, 2.05) is 62.4 Å². The molecule has 0 atom stereocenters. The second-order valence-corrected chi connectivity index (χ2v) is 8.65. The number of benzene rings is 3. The van der Waals surface area contributed by atoms with Crippen LogP contribution < -0.4 is 10.2 Å². The van der Waals surface area contributed by atoms with E-state index in [9.17, 15) is 14.0 Å². The van der Waals surface area contributed by atoms with Crippen molar-refractivity contribution >= 4 is 46.6 Å². The topological polar surface area (TPSA) is 49.4 Å². The molecule has 1 heterocycles. The Morgan fingerprint density at radius 3 is 2.32 bits per heavy atom. The summed E-state index contributed by atoms with van der Waals surface area (Å²) < 4.78 is 13.6. The number of hydrogen-bond acceptors (Lipinski definition) is 4. The molecule has 0 fully saturated rings. The molecule has 0 saturated carbocycles. The molecule has 0 spiro atoms. The van der Waals surface area contributed by atoms with Crippen LogP contribution in [0.15, 0.2) is 82.2 Å². The van der Waals surface area contributed by atoms with Crippen LogP contribution in [-0.4, -0.2) is 11.8 Å². The van der Waals surface area contributed by atoms with Crippen LogP contribution >= 0.6 is 23.4 Å². The standard InChI is InChI=1S/C24H18ClFN2O2S/c1-14-6-9-18(10-7-14)31-22-21(27-16-5-3-4-15(2)12-16)23(29)28(24(22)30)17-8-11-20(26)19(25)13-17/h3-13,27H,1-2H3. The zero-order valence-corrected chi connectivity index (χ0v) is 18.4. The Morgan fingerprint density at radius 2 is 1.65 bits per heavy atom. The van der Waals surface area contributed by atoms with E-state index in [0.717, 1.165) is 27.0 Å². The third-order valence-electron chi connectivity index (χ3n) is 4.73. The lowest BCUT2D eigenvalue weighted by atomic mass is 10.2. The zero-order chi connectivity index (χ0) is 22.1. The van der Waals surface area contributed by atoms with Gasteiger partial charge in [-0.25, -0.2) is 9.29 Å². The summed E-state index contributed by atoms with van der Waals surface area (Å²) in [6, 6.07) is 19.0. The number of rotatable bonds is 5. The molecule has 0 saturated heterocycles. The molecule has 3 aromatic carbocycles. The monoisotopic (exact) mass is 452 g/mol. The minimum absolute atomic E-state index is 0.161. The number of halogens is 2. The van der Waals surface area contributed by atoms with Crippen LogP contribution in [0.1, 0.15) is 11.1 Å². The van der Waals surface area contributed by atoms with E-state index in [2.05, 4.69) is 5.32 Å². The molecule has 156 valence electrons. The lowest BCUT2D eigenvalue weighted by Crippen LogP contribution is -2.32. The fourth-order valence-corrected chi connectivity index (χ4v) is 4.27. The maximum Gasteiger partial charge on any atom is 0.283 e. The molecule has 4 rings (SSSR count). The highest BCUT2D eigenvalue weighted by molar-refractivity contribution is 8.04. The Kier molecular flexibility index (Phi) is 5.85. The maximum absolute atomic E-state index is 13.6. The molecule has 1 aliphatic heterocycles. The van der Waals surface area contributed by atoms with Crippen molar-refractivity contribution in [2.75, 3.05) is 10.2 Å². The quantitative estimate of drug-likeness (QED) is 0.476. The largest absolute Gasteiger partial charge is 0.350 e. The molecular formula is C24H18ClFN2O2S. The van der Waals surface area contributed by atoms with Gasteiger partial charge in [-0.3, -0.25) is 9.59 Å². The zero-order valence-electron chi connectivity index (χ0n) is 16.8. The molecule has 0 aliphatic carbocycles. The van der Waals surface area contributed by atoms with Crippen molar-refractivity contribution in [2.45, 2.75) is 18.7 Å². The van der Waals surface area contributed by atoms with Gasteiger partial charge in [0.2, 0.25) is 0 Å². The van der Waals surface area contributed by atoms with Gasteiger partial charge in [0.25, 0.3) is 11.8 Å². The highest BCUT2D eigenvalue weighted by Gasteiger charge is 2.40. The molecule has 0 radical (unpaired) electrons. The van der Waals surface area contributed by atoms with Gasteiger partial charge in [0.1, 0.15) is 16.4 Å². The Labute approximate surface area is 188 Å². The lowest BCUT2D eigenvalue weighted by Gasteiger charge is -2.16. The van der Waals surface area contributed by atoms with E-state index in [0.29, 0.717) is 5.69 Å². The Bertz CT molecular complexity index is 1220. The van der Waals surface area contributed by atoms with Gasteiger partial charge in [-0.15, -0.1) is 0 Å². The second kappa shape index (κ2) is 8.57. The smallest absolute Gasteiger partial charge is 0.283 e. The number of nitrogens with zero attached hydrogens (tertiary/aromatic N) is 1. The molecule has 0 aromatic heterocycles. The molecule has 2 amide bonds. The number of imide groups is 1. The summed E-state index contributed by atoms with van der Waals surface area (Å²) in [6.07, 6.45) is 0. The summed E-state index contributed by atoms with van der Waals surface area (Å²) in [5.41, 5.74) is 3.17. The first-order valence-electron chi connectivity index (χ1n) is 9.50. The van der Waals surface area contributed by atoms with Crippen molar-refractivity contribution in [1.82, 2.24) is 0 Å².